The Morgan fingerprint density at radius 1 is 0.864 bits per heavy atom. The van der Waals surface area contributed by atoms with Gasteiger partial charge in [0, 0.05) is 18.0 Å². The van der Waals surface area contributed by atoms with Gasteiger partial charge in [0.15, 0.2) is 0 Å². The molecular formula is C20H24N2. The van der Waals surface area contributed by atoms with Crippen LogP contribution in [0.3, 0.4) is 0 Å². The monoisotopic (exact) mass is 292 g/mol. The Hall–Kier alpha value is -1.64. The summed E-state index contributed by atoms with van der Waals surface area (Å²) < 4.78 is 0. The maximum absolute atomic E-state index is 6.27. The van der Waals surface area contributed by atoms with Crippen molar-refractivity contribution in [2.45, 2.75) is 43.7 Å². The summed E-state index contributed by atoms with van der Waals surface area (Å²) in [4.78, 5) is 0. The molecule has 4 rings (SSSR count). The van der Waals surface area contributed by atoms with Crippen LogP contribution in [0.2, 0.25) is 0 Å². The first kappa shape index (κ1) is 14.0. The summed E-state index contributed by atoms with van der Waals surface area (Å²) in [6.45, 7) is 1.03. The van der Waals surface area contributed by atoms with E-state index in [4.69, 9.17) is 5.73 Å². The van der Waals surface area contributed by atoms with E-state index in [1.54, 1.807) is 0 Å². The number of nitrogens with one attached hydrogen (secondary N) is 1. The van der Waals surface area contributed by atoms with Gasteiger partial charge in [-0.05, 0) is 54.5 Å². The minimum absolute atomic E-state index is 0.328. The summed E-state index contributed by atoms with van der Waals surface area (Å²) in [7, 11) is 0. The van der Waals surface area contributed by atoms with E-state index >= 15 is 0 Å². The molecule has 1 fully saturated rings. The highest BCUT2D eigenvalue weighted by Crippen LogP contribution is 2.38. The highest BCUT2D eigenvalue weighted by atomic mass is 14.9. The van der Waals surface area contributed by atoms with E-state index in [1.807, 2.05) is 0 Å². The number of fused-ring (bicyclic) bond motifs is 2. The van der Waals surface area contributed by atoms with E-state index < -0.39 is 0 Å². The molecule has 0 aromatic heterocycles. The molecule has 0 radical (unpaired) electrons. The van der Waals surface area contributed by atoms with Crippen molar-refractivity contribution in [1.82, 2.24) is 5.32 Å². The number of hydrogen-bond acceptors (Lipinski definition) is 2. The predicted molar refractivity (Wildman–Crippen MR) is 91.1 cm³/mol. The maximum atomic E-state index is 6.27. The second-order valence-corrected chi connectivity index (χ2v) is 6.72. The van der Waals surface area contributed by atoms with Crippen molar-refractivity contribution in [3.63, 3.8) is 0 Å². The molecule has 1 heterocycles. The largest absolute Gasteiger partial charge is 0.328 e. The second-order valence-electron chi connectivity index (χ2n) is 6.72. The summed E-state index contributed by atoms with van der Waals surface area (Å²) in [5.74, 6) is 0.432. The molecule has 2 atom stereocenters. The Kier molecular flexibility index (Phi) is 3.73. The highest BCUT2D eigenvalue weighted by Gasteiger charge is 2.32. The van der Waals surface area contributed by atoms with Gasteiger partial charge in [0.1, 0.15) is 0 Å². The van der Waals surface area contributed by atoms with Crippen LogP contribution < -0.4 is 11.1 Å². The topological polar surface area (TPSA) is 38.0 Å². The van der Waals surface area contributed by atoms with Gasteiger partial charge in [0.25, 0.3) is 0 Å². The van der Waals surface area contributed by atoms with Gasteiger partial charge < -0.3 is 11.1 Å². The van der Waals surface area contributed by atoms with Crippen molar-refractivity contribution in [3.05, 3.63) is 70.8 Å². The Morgan fingerprint density at radius 3 is 2.05 bits per heavy atom. The third kappa shape index (κ3) is 2.47. The van der Waals surface area contributed by atoms with Crippen LogP contribution in [-0.2, 0) is 12.8 Å². The fraction of sp³-hybridized carbons (Fsp3) is 0.400. The van der Waals surface area contributed by atoms with Gasteiger partial charge in [0.2, 0.25) is 0 Å². The predicted octanol–water partition coefficient (Wildman–Crippen LogP) is 3.00. The zero-order chi connectivity index (χ0) is 14.9. The van der Waals surface area contributed by atoms with Crippen molar-refractivity contribution >= 4 is 0 Å². The number of piperidine rings is 1. The molecular weight excluding hydrogens is 268 g/mol. The van der Waals surface area contributed by atoms with Crippen LogP contribution in [0.5, 0.6) is 0 Å². The Morgan fingerprint density at radius 2 is 1.45 bits per heavy atom. The van der Waals surface area contributed by atoms with E-state index in [2.05, 4.69) is 53.8 Å². The van der Waals surface area contributed by atoms with E-state index in [-0.39, 0.29) is 0 Å². The lowest BCUT2D eigenvalue weighted by atomic mass is 9.79. The van der Waals surface area contributed by atoms with Crippen molar-refractivity contribution in [2.24, 2.45) is 5.73 Å². The highest BCUT2D eigenvalue weighted by molar-refractivity contribution is 5.46. The molecule has 2 unspecified atom stereocenters. The molecule has 2 nitrogen and oxygen atoms in total. The van der Waals surface area contributed by atoms with Gasteiger partial charge in [-0.25, -0.2) is 0 Å². The number of benzene rings is 2. The van der Waals surface area contributed by atoms with Crippen molar-refractivity contribution in [1.29, 1.82) is 0 Å². The lowest BCUT2D eigenvalue weighted by Gasteiger charge is -2.35. The van der Waals surface area contributed by atoms with Crippen LogP contribution in [-0.4, -0.2) is 18.6 Å². The molecule has 2 aliphatic rings. The SMILES string of the molecule is NC1CCNC(C2c3ccccc3CCc3ccccc32)C1. The van der Waals surface area contributed by atoms with Crippen LogP contribution in [0.1, 0.15) is 41.0 Å². The average molecular weight is 292 g/mol. The number of nitrogens with two attached hydrogens (primary N) is 1. The molecule has 2 aromatic carbocycles. The van der Waals surface area contributed by atoms with Crippen LogP contribution in [0.25, 0.3) is 0 Å². The smallest absolute Gasteiger partial charge is 0.0249 e. The van der Waals surface area contributed by atoms with Crippen molar-refractivity contribution < 1.29 is 0 Å². The van der Waals surface area contributed by atoms with Crippen LogP contribution in [0.4, 0.5) is 0 Å². The van der Waals surface area contributed by atoms with Gasteiger partial charge in [-0.15, -0.1) is 0 Å². The molecule has 2 heteroatoms. The van der Waals surface area contributed by atoms with Crippen molar-refractivity contribution in [2.75, 3.05) is 6.54 Å². The molecule has 0 amide bonds. The molecule has 1 aliphatic heterocycles. The molecule has 0 saturated carbocycles. The Labute approximate surface area is 132 Å². The van der Waals surface area contributed by atoms with Crippen LogP contribution in [0.15, 0.2) is 48.5 Å². The minimum Gasteiger partial charge on any atom is -0.328 e. The lowest BCUT2D eigenvalue weighted by Crippen LogP contribution is -2.47. The number of hydrogen-bond donors (Lipinski definition) is 2. The zero-order valence-corrected chi connectivity index (χ0v) is 13.0. The number of rotatable bonds is 1. The standard InChI is InChI=1S/C20H24N2/c21-16-11-12-22-19(13-16)20-17-7-3-1-5-14(17)9-10-15-6-2-4-8-18(15)20/h1-8,16,19-20,22H,9-13,21H2. The van der Waals surface area contributed by atoms with E-state index in [9.17, 15) is 0 Å². The Balaban J connectivity index is 1.83. The molecule has 114 valence electrons. The quantitative estimate of drug-likeness (QED) is 0.848. The zero-order valence-electron chi connectivity index (χ0n) is 13.0. The summed E-state index contributed by atoms with van der Waals surface area (Å²) >= 11 is 0. The first-order valence-electron chi connectivity index (χ1n) is 8.47. The number of aryl methyl sites for hydroxylation is 2. The molecule has 2 aromatic rings. The third-order valence-corrected chi connectivity index (χ3v) is 5.32. The summed E-state index contributed by atoms with van der Waals surface area (Å²) in [5, 5.41) is 3.75. The minimum atomic E-state index is 0.328. The molecule has 22 heavy (non-hydrogen) atoms. The van der Waals surface area contributed by atoms with Gasteiger partial charge >= 0.3 is 0 Å². The summed E-state index contributed by atoms with van der Waals surface area (Å²) in [6, 6.07) is 18.7. The second kappa shape index (κ2) is 5.86. The Bertz CT molecular complexity index is 617. The first-order chi connectivity index (χ1) is 10.8. The molecule has 3 N–H and O–H groups in total. The van der Waals surface area contributed by atoms with E-state index in [0.29, 0.717) is 18.0 Å². The molecule has 0 spiro atoms. The third-order valence-electron chi connectivity index (χ3n) is 5.32. The van der Waals surface area contributed by atoms with Crippen molar-refractivity contribution in [3.8, 4) is 0 Å². The van der Waals surface area contributed by atoms with Gasteiger partial charge in [0.05, 0.1) is 0 Å². The van der Waals surface area contributed by atoms with E-state index in [0.717, 1.165) is 32.2 Å². The fourth-order valence-electron chi connectivity index (χ4n) is 4.24. The first-order valence-corrected chi connectivity index (χ1v) is 8.47. The van der Waals surface area contributed by atoms with Crippen LogP contribution >= 0.6 is 0 Å². The van der Waals surface area contributed by atoms with Gasteiger partial charge in [-0.3, -0.25) is 0 Å². The summed E-state index contributed by atoms with van der Waals surface area (Å²) in [6.07, 6.45) is 4.44. The lowest BCUT2D eigenvalue weighted by molar-refractivity contribution is 0.338. The fourth-order valence-corrected chi connectivity index (χ4v) is 4.24. The van der Waals surface area contributed by atoms with Gasteiger partial charge in [-0.2, -0.15) is 0 Å². The molecule has 1 aliphatic carbocycles. The normalized spacial score (nSPS) is 25.1. The summed E-state index contributed by atoms with van der Waals surface area (Å²) in [5.41, 5.74) is 12.3. The van der Waals surface area contributed by atoms with Crippen LogP contribution in [0, 0.1) is 0 Å². The maximum Gasteiger partial charge on any atom is 0.0249 e. The van der Waals surface area contributed by atoms with E-state index in [1.165, 1.54) is 22.3 Å². The average Bonchev–Trinajstić information content (AvgIpc) is 2.71. The van der Waals surface area contributed by atoms with Gasteiger partial charge in [-0.1, -0.05) is 48.5 Å². The molecule has 0 bridgehead atoms. The molecule has 1 saturated heterocycles.